The number of fused-ring (bicyclic) bond motifs is 1. The minimum Gasteiger partial charge on any atom is -0.490 e. The molecule has 7 heteroatoms. The maximum atomic E-state index is 12.5. The van der Waals surface area contributed by atoms with E-state index in [1.54, 1.807) is 25.3 Å². The van der Waals surface area contributed by atoms with Crippen LogP contribution in [0, 0.1) is 0 Å². The number of ether oxygens (including phenoxy) is 2. The van der Waals surface area contributed by atoms with Crippen molar-refractivity contribution >= 4 is 27.5 Å². The van der Waals surface area contributed by atoms with Gasteiger partial charge in [0, 0.05) is 14.2 Å². The highest BCUT2D eigenvalue weighted by molar-refractivity contribution is 7.16. The fraction of sp³-hybridized carbons (Fsp3) is 0.222. The van der Waals surface area contributed by atoms with Crippen molar-refractivity contribution in [2.45, 2.75) is 0 Å². The maximum Gasteiger partial charge on any atom is 0.275 e. The number of amides is 1. The van der Waals surface area contributed by atoms with Crippen molar-refractivity contribution < 1.29 is 14.3 Å². The van der Waals surface area contributed by atoms with Crippen molar-refractivity contribution in [1.29, 1.82) is 0 Å². The fourth-order valence-electron chi connectivity index (χ4n) is 2.36. The summed E-state index contributed by atoms with van der Waals surface area (Å²) in [6.45, 7) is 0.834. The molecule has 6 nitrogen and oxygen atoms in total. The largest absolute Gasteiger partial charge is 0.490 e. The van der Waals surface area contributed by atoms with E-state index in [1.807, 2.05) is 41.9 Å². The molecule has 1 aromatic heterocycles. The van der Waals surface area contributed by atoms with Gasteiger partial charge in [-0.1, -0.05) is 35.6 Å². The first-order valence-corrected chi connectivity index (χ1v) is 8.61. The SMILES string of the molecule is COCCOc1ccccc1C(=O)N/N=c1/sc2ccccc2n1C. The van der Waals surface area contributed by atoms with Crippen LogP contribution in [-0.4, -0.2) is 30.8 Å². The van der Waals surface area contributed by atoms with Crippen molar-refractivity contribution in [3.05, 3.63) is 58.9 Å². The predicted octanol–water partition coefficient (Wildman–Crippen LogP) is 2.51. The smallest absolute Gasteiger partial charge is 0.275 e. The Morgan fingerprint density at radius 2 is 1.92 bits per heavy atom. The van der Waals surface area contributed by atoms with Gasteiger partial charge in [0.25, 0.3) is 5.91 Å². The van der Waals surface area contributed by atoms with Crippen molar-refractivity contribution in [3.63, 3.8) is 0 Å². The van der Waals surface area contributed by atoms with Gasteiger partial charge in [-0.15, -0.1) is 5.10 Å². The van der Waals surface area contributed by atoms with Crippen molar-refractivity contribution in [1.82, 2.24) is 9.99 Å². The number of aryl methyl sites for hydroxylation is 1. The number of para-hydroxylation sites is 2. The van der Waals surface area contributed by atoms with Gasteiger partial charge < -0.3 is 14.0 Å². The summed E-state index contributed by atoms with van der Waals surface area (Å²) in [5.41, 5.74) is 4.12. The quantitative estimate of drug-likeness (QED) is 0.545. The molecule has 0 radical (unpaired) electrons. The molecule has 130 valence electrons. The summed E-state index contributed by atoms with van der Waals surface area (Å²) in [6.07, 6.45) is 0. The summed E-state index contributed by atoms with van der Waals surface area (Å²) in [5.74, 6) is 0.193. The summed E-state index contributed by atoms with van der Waals surface area (Å²) < 4.78 is 13.6. The lowest BCUT2D eigenvalue weighted by Gasteiger charge is -2.09. The number of carbonyl (C=O) groups excluding carboxylic acids is 1. The van der Waals surface area contributed by atoms with E-state index in [0.29, 0.717) is 29.3 Å². The van der Waals surface area contributed by atoms with E-state index in [1.165, 1.54) is 11.3 Å². The average molecular weight is 357 g/mol. The zero-order valence-electron chi connectivity index (χ0n) is 14.1. The fourth-order valence-corrected chi connectivity index (χ4v) is 3.34. The molecule has 0 saturated heterocycles. The van der Waals surface area contributed by atoms with Crippen LogP contribution in [0.15, 0.2) is 53.6 Å². The molecule has 0 aliphatic rings. The molecule has 0 bridgehead atoms. The molecule has 1 N–H and O–H groups in total. The minimum absolute atomic E-state index is 0.314. The van der Waals surface area contributed by atoms with E-state index in [2.05, 4.69) is 10.5 Å². The molecular formula is C18H19N3O3S. The third-order valence-electron chi connectivity index (χ3n) is 3.64. The second kappa shape index (κ2) is 7.96. The Hall–Kier alpha value is -2.64. The van der Waals surface area contributed by atoms with Crippen LogP contribution in [0.25, 0.3) is 10.2 Å². The van der Waals surface area contributed by atoms with Crippen LogP contribution in [0.2, 0.25) is 0 Å². The molecule has 0 atom stereocenters. The number of rotatable bonds is 6. The van der Waals surface area contributed by atoms with Gasteiger partial charge >= 0.3 is 0 Å². The van der Waals surface area contributed by atoms with Crippen LogP contribution in [0.1, 0.15) is 10.4 Å². The predicted molar refractivity (Wildman–Crippen MR) is 97.6 cm³/mol. The second-order valence-corrected chi connectivity index (χ2v) is 6.31. The Bertz CT molecular complexity index is 946. The molecular weight excluding hydrogens is 338 g/mol. The normalized spacial score (nSPS) is 11.7. The third kappa shape index (κ3) is 3.89. The molecule has 3 rings (SSSR count). The van der Waals surface area contributed by atoms with Gasteiger partial charge in [0.2, 0.25) is 4.80 Å². The molecule has 0 spiro atoms. The van der Waals surface area contributed by atoms with Crippen molar-refractivity contribution in [2.24, 2.45) is 12.1 Å². The van der Waals surface area contributed by atoms with Crippen LogP contribution in [-0.2, 0) is 11.8 Å². The topological polar surface area (TPSA) is 64.8 Å². The van der Waals surface area contributed by atoms with Crippen LogP contribution >= 0.6 is 11.3 Å². The summed E-state index contributed by atoms with van der Waals surface area (Å²) >= 11 is 1.52. The highest BCUT2D eigenvalue weighted by atomic mass is 32.1. The summed E-state index contributed by atoms with van der Waals surface area (Å²) in [4.78, 5) is 13.2. The lowest BCUT2D eigenvalue weighted by atomic mass is 10.2. The zero-order chi connectivity index (χ0) is 17.6. The Labute approximate surface area is 149 Å². The lowest BCUT2D eigenvalue weighted by Crippen LogP contribution is -2.24. The summed E-state index contributed by atoms with van der Waals surface area (Å²) in [7, 11) is 3.53. The first kappa shape index (κ1) is 17.2. The third-order valence-corrected chi connectivity index (χ3v) is 4.76. The number of hydrogen-bond donors (Lipinski definition) is 1. The van der Waals surface area contributed by atoms with E-state index in [9.17, 15) is 4.79 Å². The van der Waals surface area contributed by atoms with Gasteiger partial charge in [-0.2, -0.15) is 0 Å². The number of aromatic nitrogens is 1. The number of methoxy groups -OCH3 is 1. The molecule has 3 aromatic rings. The van der Waals surface area contributed by atoms with E-state index < -0.39 is 0 Å². The van der Waals surface area contributed by atoms with Crippen LogP contribution in [0.3, 0.4) is 0 Å². The molecule has 0 saturated carbocycles. The molecule has 25 heavy (non-hydrogen) atoms. The molecule has 0 unspecified atom stereocenters. The Morgan fingerprint density at radius 3 is 2.72 bits per heavy atom. The van der Waals surface area contributed by atoms with E-state index in [0.717, 1.165) is 10.2 Å². The van der Waals surface area contributed by atoms with Gasteiger partial charge in [-0.3, -0.25) is 4.79 Å². The number of thiazole rings is 1. The number of carbonyl (C=O) groups is 1. The zero-order valence-corrected chi connectivity index (χ0v) is 14.9. The van der Waals surface area contributed by atoms with Gasteiger partial charge in [0.15, 0.2) is 0 Å². The van der Waals surface area contributed by atoms with E-state index >= 15 is 0 Å². The molecule has 2 aromatic carbocycles. The molecule has 0 aliphatic carbocycles. The number of hydrogen-bond acceptors (Lipinski definition) is 5. The lowest BCUT2D eigenvalue weighted by molar-refractivity contribution is 0.0945. The highest BCUT2D eigenvalue weighted by Crippen LogP contribution is 2.18. The Balaban J connectivity index is 1.81. The van der Waals surface area contributed by atoms with Gasteiger partial charge in [-0.05, 0) is 24.3 Å². The van der Waals surface area contributed by atoms with Crippen LogP contribution in [0.4, 0.5) is 0 Å². The maximum absolute atomic E-state index is 12.5. The molecule has 1 heterocycles. The highest BCUT2D eigenvalue weighted by Gasteiger charge is 2.11. The standard InChI is InChI=1S/C18H19N3O3S/c1-21-14-8-4-6-10-16(14)25-18(21)20-19-17(22)13-7-3-5-9-15(13)24-12-11-23-2/h3-10H,11-12H2,1-2H3,(H,19,22)/b20-18+. The molecule has 1 amide bonds. The number of benzene rings is 2. The monoisotopic (exact) mass is 357 g/mol. The van der Waals surface area contributed by atoms with Gasteiger partial charge in [0.1, 0.15) is 12.4 Å². The summed E-state index contributed by atoms with van der Waals surface area (Å²) in [5, 5.41) is 4.26. The Morgan fingerprint density at radius 1 is 1.16 bits per heavy atom. The second-order valence-electron chi connectivity index (χ2n) is 5.30. The van der Waals surface area contributed by atoms with Crippen LogP contribution < -0.4 is 15.0 Å². The van der Waals surface area contributed by atoms with Crippen molar-refractivity contribution in [2.75, 3.05) is 20.3 Å². The molecule has 0 aliphatic heterocycles. The molecule has 0 fully saturated rings. The first-order chi connectivity index (χ1) is 12.2. The first-order valence-electron chi connectivity index (χ1n) is 7.80. The van der Waals surface area contributed by atoms with Gasteiger partial charge in [0.05, 0.1) is 22.4 Å². The Kier molecular flexibility index (Phi) is 5.47. The average Bonchev–Trinajstić information content (AvgIpc) is 2.96. The van der Waals surface area contributed by atoms with E-state index in [-0.39, 0.29) is 5.91 Å². The van der Waals surface area contributed by atoms with Crippen LogP contribution in [0.5, 0.6) is 5.75 Å². The summed E-state index contributed by atoms with van der Waals surface area (Å²) in [6, 6.07) is 15.1. The van der Waals surface area contributed by atoms with E-state index in [4.69, 9.17) is 9.47 Å². The number of nitrogens with one attached hydrogen (secondary N) is 1. The van der Waals surface area contributed by atoms with Gasteiger partial charge in [-0.25, -0.2) is 5.43 Å². The van der Waals surface area contributed by atoms with Crippen molar-refractivity contribution in [3.8, 4) is 5.75 Å². The number of nitrogens with zero attached hydrogens (tertiary/aromatic N) is 2. The minimum atomic E-state index is -0.314.